The summed E-state index contributed by atoms with van der Waals surface area (Å²) in [6.07, 6.45) is 1.40. The summed E-state index contributed by atoms with van der Waals surface area (Å²) in [6.45, 7) is 0.00963. The molecule has 0 saturated heterocycles. The van der Waals surface area contributed by atoms with E-state index in [9.17, 15) is 9.90 Å². The number of benzene rings is 1. The second kappa shape index (κ2) is 5.02. The third-order valence-corrected chi connectivity index (χ3v) is 1.93. The molecule has 0 unspecified atom stereocenters. The Morgan fingerprint density at radius 3 is 2.67 bits per heavy atom. The summed E-state index contributed by atoms with van der Waals surface area (Å²) >= 11 is 0. The van der Waals surface area contributed by atoms with Gasteiger partial charge in [-0.2, -0.15) is 0 Å². The van der Waals surface area contributed by atoms with E-state index in [-0.39, 0.29) is 12.3 Å². The second-order valence-corrected chi connectivity index (χ2v) is 2.71. The van der Waals surface area contributed by atoms with Gasteiger partial charge in [-0.25, -0.2) is 9.79 Å². The highest BCUT2D eigenvalue weighted by Crippen LogP contribution is 2.36. The van der Waals surface area contributed by atoms with Gasteiger partial charge in [0.15, 0.2) is 11.5 Å². The van der Waals surface area contributed by atoms with Gasteiger partial charge >= 0.3 is 0 Å². The number of aromatic hydroxyl groups is 1. The van der Waals surface area contributed by atoms with Gasteiger partial charge in [-0.3, -0.25) is 0 Å². The minimum atomic E-state index is 0.00616. The maximum Gasteiger partial charge on any atom is 0.235 e. The van der Waals surface area contributed by atoms with Crippen LogP contribution >= 0.6 is 0 Å². The zero-order valence-corrected chi connectivity index (χ0v) is 8.48. The van der Waals surface area contributed by atoms with Crippen molar-refractivity contribution in [3.63, 3.8) is 0 Å². The van der Waals surface area contributed by atoms with Crippen LogP contribution in [0.15, 0.2) is 17.1 Å². The molecule has 0 aliphatic carbocycles. The minimum Gasteiger partial charge on any atom is -0.507 e. The number of hydrogen-bond acceptors (Lipinski definition) is 5. The summed E-state index contributed by atoms with van der Waals surface area (Å²) in [7, 11) is 2.94. The van der Waals surface area contributed by atoms with E-state index >= 15 is 0 Å². The first-order chi connectivity index (χ1) is 7.24. The van der Waals surface area contributed by atoms with Crippen molar-refractivity contribution in [2.24, 2.45) is 4.99 Å². The molecule has 0 aliphatic rings. The van der Waals surface area contributed by atoms with E-state index in [0.29, 0.717) is 17.1 Å². The SMILES string of the molecule is COc1ccc(O)c(CN=C=O)c1OC. The monoisotopic (exact) mass is 209 g/mol. The topological polar surface area (TPSA) is 68.1 Å². The predicted molar refractivity (Wildman–Crippen MR) is 53.0 cm³/mol. The lowest BCUT2D eigenvalue weighted by molar-refractivity contribution is 0.347. The number of nitrogens with zero attached hydrogens (tertiary/aromatic N) is 1. The Hall–Kier alpha value is -2.00. The molecule has 0 bridgehead atoms. The van der Waals surface area contributed by atoms with Crippen molar-refractivity contribution in [1.82, 2.24) is 0 Å². The number of phenolic OH excluding ortho intramolecular Hbond substituents is 1. The van der Waals surface area contributed by atoms with Gasteiger partial charge in [-0.1, -0.05) is 0 Å². The maximum absolute atomic E-state index is 10.00. The van der Waals surface area contributed by atoms with Gasteiger partial charge in [0.1, 0.15) is 5.75 Å². The van der Waals surface area contributed by atoms with Crippen LogP contribution in [0, 0.1) is 0 Å². The van der Waals surface area contributed by atoms with Gasteiger partial charge in [0.25, 0.3) is 0 Å². The molecular weight excluding hydrogens is 198 g/mol. The highest BCUT2D eigenvalue weighted by atomic mass is 16.5. The molecule has 1 aromatic rings. The van der Waals surface area contributed by atoms with Crippen LogP contribution in [0.4, 0.5) is 0 Å². The highest BCUT2D eigenvalue weighted by Gasteiger charge is 2.13. The molecule has 0 amide bonds. The summed E-state index contributed by atoms with van der Waals surface area (Å²) in [5, 5.41) is 9.54. The lowest BCUT2D eigenvalue weighted by Crippen LogP contribution is -1.95. The zero-order valence-electron chi connectivity index (χ0n) is 8.48. The van der Waals surface area contributed by atoms with Crippen molar-refractivity contribution in [2.45, 2.75) is 6.54 Å². The van der Waals surface area contributed by atoms with Gasteiger partial charge in [0.2, 0.25) is 6.08 Å². The van der Waals surface area contributed by atoms with Crippen molar-refractivity contribution < 1.29 is 19.4 Å². The van der Waals surface area contributed by atoms with Crippen molar-refractivity contribution in [3.8, 4) is 17.2 Å². The summed E-state index contributed by atoms with van der Waals surface area (Å²) in [6, 6.07) is 3.03. The summed E-state index contributed by atoms with van der Waals surface area (Å²) in [4.78, 5) is 13.4. The van der Waals surface area contributed by atoms with Crippen molar-refractivity contribution in [1.29, 1.82) is 0 Å². The molecule has 80 valence electrons. The third-order valence-electron chi connectivity index (χ3n) is 1.93. The molecule has 15 heavy (non-hydrogen) atoms. The highest BCUT2D eigenvalue weighted by molar-refractivity contribution is 5.53. The lowest BCUT2D eigenvalue weighted by atomic mass is 10.1. The van der Waals surface area contributed by atoms with Crippen LogP contribution in [0.5, 0.6) is 17.2 Å². The first-order valence-corrected chi connectivity index (χ1v) is 4.21. The van der Waals surface area contributed by atoms with Crippen molar-refractivity contribution in [3.05, 3.63) is 17.7 Å². The first kappa shape index (κ1) is 11.1. The number of isocyanates is 1. The number of carbonyl (C=O) groups excluding carboxylic acids is 1. The number of ether oxygens (including phenoxy) is 2. The van der Waals surface area contributed by atoms with Crippen LogP contribution < -0.4 is 9.47 Å². The zero-order chi connectivity index (χ0) is 11.3. The lowest BCUT2D eigenvalue weighted by Gasteiger charge is -2.12. The van der Waals surface area contributed by atoms with Gasteiger partial charge in [0, 0.05) is 0 Å². The van der Waals surface area contributed by atoms with Crippen LogP contribution in [-0.4, -0.2) is 25.4 Å². The van der Waals surface area contributed by atoms with Gasteiger partial charge in [0.05, 0.1) is 26.3 Å². The van der Waals surface area contributed by atoms with Crippen LogP contribution in [0.3, 0.4) is 0 Å². The molecule has 0 radical (unpaired) electrons. The first-order valence-electron chi connectivity index (χ1n) is 4.21. The van der Waals surface area contributed by atoms with Crippen LogP contribution in [-0.2, 0) is 11.3 Å². The maximum atomic E-state index is 10.00. The van der Waals surface area contributed by atoms with E-state index in [1.54, 1.807) is 6.07 Å². The van der Waals surface area contributed by atoms with E-state index in [2.05, 4.69) is 4.99 Å². The minimum absolute atomic E-state index is 0.00616. The predicted octanol–water partition coefficient (Wildman–Crippen LogP) is 1.25. The molecule has 0 aliphatic heterocycles. The van der Waals surface area contributed by atoms with E-state index in [0.717, 1.165) is 0 Å². The molecule has 0 heterocycles. The fourth-order valence-corrected chi connectivity index (χ4v) is 1.24. The largest absolute Gasteiger partial charge is 0.507 e. The fraction of sp³-hybridized carbons (Fsp3) is 0.300. The Morgan fingerprint density at radius 2 is 2.13 bits per heavy atom. The Morgan fingerprint density at radius 1 is 1.40 bits per heavy atom. The number of phenols is 1. The van der Waals surface area contributed by atoms with Gasteiger partial charge in [-0.15, -0.1) is 0 Å². The average molecular weight is 209 g/mol. The number of methoxy groups -OCH3 is 2. The summed E-state index contributed by atoms with van der Waals surface area (Å²) in [5.74, 6) is 0.856. The molecule has 1 N–H and O–H groups in total. The number of aliphatic imine (C=N–C) groups is 1. The molecular formula is C10H11NO4. The Labute approximate surface area is 87.0 Å². The molecule has 0 aromatic heterocycles. The van der Waals surface area contributed by atoms with E-state index in [1.807, 2.05) is 0 Å². The smallest absolute Gasteiger partial charge is 0.235 e. The van der Waals surface area contributed by atoms with E-state index < -0.39 is 0 Å². The molecule has 1 rings (SSSR count). The van der Waals surface area contributed by atoms with Crippen molar-refractivity contribution >= 4 is 6.08 Å². The molecule has 0 fully saturated rings. The van der Waals surface area contributed by atoms with Gasteiger partial charge < -0.3 is 14.6 Å². The summed E-state index contributed by atoms with van der Waals surface area (Å²) in [5.41, 5.74) is 0.403. The summed E-state index contributed by atoms with van der Waals surface area (Å²) < 4.78 is 10.1. The van der Waals surface area contributed by atoms with Crippen LogP contribution in [0.1, 0.15) is 5.56 Å². The van der Waals surface area contributed by atoms with Crippen LogP contribution in [0.25, 0.3) is 0 Å². The van der Waals surface area contributed by atoms with E-state index in [4.69, 9.17) is 9.47 Å². The Kier molecular flexibility index (Phi) is 3.71. The van der Waals surface area contributed by atoms with E-state index in [1.165, 1.54) is 26.4 Å². The molecule has 5 nitrogen and oxygen atoms in total. The van der Waals surface area contributed by atoms with Gasteiger partial charge in [-0.05, 0) is 12.1 Å². The quantitative estimate of drug-likeness (QED) is 0.598. The molecule has 0 saturated carbocycles. The number of hydrogen-bond donors (Lipinski definition) is 1. The fourth-order valence-electron chi connectivity index (χ4n) is 1.24. The Balaban J connectivity index is 3.24. The van der Waals surface area contributed by atoms with Crippen molar-refractivity contribution in [2.75, 3.05) is 14.2 Å². The third kappa shape index (κ3) is 2.27. The Bertz CT molecular complexity index is 397. The molecule has 1 aromatic carbocycles. The normalized spacial score (nSPS) is 9.20. The van der Waals surface area contributed by atoms with Crippen LogP contribution in [0.2, 0.25) is 0 Å². The second-order valence-electron chi connectivity index (χ2n) is 2.71. The average Bonchev–Trinajstić information content (AvgIpc) is 2.27. The standard InChI is InChI=1S/C10H11NO4/c1-14-9-4-3-8(13)7(5-11-6-12)10(9)15-2/h3-4,13H,5H2,1-2H3. The molecule has 5 heteroatoms. The molecule has 0 spiro atoms. The molecule has 0 atom stereocenters. The number of rotatable bonds is 4.